The van der Waals surface area contributed by atoms with E-state index in [1.165, 1.54) is 0 Å². The van der Waals surface area contributed by atoms with Gasteiger partial charge in [0.15, 0.2) is 5.69 Å². The highest BCUT2D eigenvalue weighted by molar-refractivity contribution is 5.87. The van der Waals surface area contributed by atoms with Crippen LogP contribution in [-0.2, 0) is 4.74 Å². The Hall–Kier alpha value is -2.37. The Kier molecular flexibility index (Phi) is 3.37. The summed E-state index contributed by atoms with van der Waals surface area (Å²) in [4.78, 5) is 20.1. The van der Waals surface area contributed by atoms with E-state index in [9.17, 15) is 4.79 Å². The number of pyridine rings is 1. The number of rotatable bonds is 3. The summed E-state index contributed by atoms with van der Waals surface area (Å²) in [5.74, 6) is 0.325. The standard InChI is InChI=1S/C14H16N4O2/c1-2-20-13(19)11-9-18-12(5-8-16-14(18)17-11)10-3-6-15-7-4-10/h3-4,6-7,9,12H,2,5,8H2,1H3,(H,16,17). The summed E-state index contributed by atoms with van der Waals surface area (Å²) in [6.45, 7) is 2.96. The lowest BCUT2D eigenvalue weighted by atomic mass is 10.0. The smallest absolute Gasteiger partial charge is 0.358 e. The summed E-state index contributed by atoms with van der Waals surface area (Å²) >= 11 is 0. The summed E-state index contributed by atoms with van der Waals surface area (Å²) in [5, 5.41) is 3.21. The first kappa shape index (κ1) is 12.7. The van der Waals surface area contributed by atoms with E-state index in [1.807, 2.05) is 16.7 Å². The van der Waals surface area contributed by atoms with Crippen molar-refractivity contribution in [1.29, 1.82) is 0 Å². The number of nitrogens with one attached hydrogen (secondary N) is 1. The zero-order valence-corrected chi connectivity index (χ0v) is 11.2. The molecule has 3 heterocycles. The van der Waals surface area contributed by atoms with Crippen LogP contribution in [0.25, 0.3) is 0 Å². The molecule has 6 nitrogen and oxygen atoms in total. The van der Waals surface area contributed by atoms with Crippen molar-refractivity contribution in [3.05, 3.63) is 42.0 Å². The van der Waals surface area contributed by atoms with E-state index in [0.717, 1.165) is 18.5 Å². The molecule has 2 aromatic rings. The maximum atomic E-state index is 11.8. The van der Waals surface area contributed by atoms with E-state index >= 15 is 0 Å². The zero-order valence-electron chi connectivity index (χ0n) is 11.2. The molecule has 1 atom stereocenters. The molecule has 3 rings (SSSR count). The van der Waals surface area contributed by atoms with Crippen LogP contribution in [0.4, 0.5) is 5.95 Å². The monoisotopic (exact) mass is 272 g/mol. The third-order valence-corrected chi connectivity index (χ3v) is 3.34. The number of fused-ring (bicyclic) bond motifs is 1. The number of hydrogen-bond donors (Lipinski definition) is 1. The normalized spacial score (nSPS) is 17.1. The Morgan fingerprint density at radius 3 is 3.05 bits per heavy atom. The quantitative estimate of drug-likeness (QED) is 0.864. The van der Waals surface area contributed by atoms with Gasteiger partial charge in [-0.15, -0.1) is 0 Å². The summed E-state index contributed by atoms with van der Waals surface area (Å²) in [5.41, 5.74) is 1.51. The molecule has 1 unspecified atom stereocenters. The maximum absolute atomic E-state index is 11.8. The van der Waals surface area contributed by atoms with Gasteiger partial charge in [0.1, 0.15) is 0 Å². The van der Waals surface area contributed by atoms with Crippen LogP contribution in [0.1, 0.15) is 35.4 Å². The van der Waals surface area contributed by atoms with E-state index in [1.54, 1.807) is 25.5 Å². The number of aromatic nitrogens is 3. The second-order valence-electron chi connectivity index (χ2n) is 4.59. The van der Waals surface area contributed by atoms with Crippen LogP contribution in [0.15, 0.2) is 30.7 Å². The number of esters is 1. The third-order valence-electron chi connectivity index (χ3n) is 3.34. The van der Waals surface area contributed by atoms with Gasteiger partial charge in [-0.25, -0.2) is 9.78 Å². The summed E-state index contributed by atoms with van der Waals surface area (Å²) in [7, 11) is 0. The molecule has 0 fully saturated rings. The number of carbonyl (C=O) groups is 1. The number of nitrogens with zero attached hydrogens (tertiary/aromatic N) is 3. The minimum absolute atomic E-state index is 0.171. The number of ether oxygens (including phenoxy) is 1. The number of imidazole rings is 1. The third kappa shape index (κ3) is 2.24. The average molecular weight is 272 g/mol. The highest BCUT2D eigenvalue weighted by Gasteiger charge is 2.24. The summed E-state index contributed by atoms with van der Waals surface area (Å²) in [6, 6.07) is 4.15. The largest absolute Gasteiger partial charge is 0.461 e. The zero-order chi connectivity index (χ0) is 13.9. The lowest BCUT2D eigenvalue weighted by Crippen LogP contribution is -2.23. The molecule has 2 aromatic heterocycles. The van der Waals surface area contributed by atoms with Gasteiger partial charge in [-0.2, -0.15) is 0 Å². The summed E-state index contributed by atoms with van der Waals surface area (Å²) < 4.78 is 6.99. The molecule has 104 valence electrons. The number of anilines is 1. The Labute approximate surface area is 116 Å². The van der Waals surface area contributed by atoms with Gasteiger partial charge in [-0.05, 0) is 31.0 Å². The van der Waals surface area contributed by atoms with Crippen LogP contribution in [0.3, 0.4) is 0 Å². The maximum Gasteiger partial charge on any atom is 0.358 e. The topological polar surface area (TPSA) is 69.0 Å². The molecule has 0 saturated heterocycles. The van der Waals surface area contributed by atoms with E-state index in [0.29, 0.717) is 18.2 Å². The highest BCUT2D eigenvalue weighted by Crippen LogP contribution is 2.29. The number of hydrogen-bond acceptors (Lipinski definition) is 5. The van der Waals surface area contributed by atoms with Crippen LogP contribution in [0, 0.1) is 0 Å². The summed E-state index contributed by atoms with van der Waals surface area (Å²) in [6.07, 6.45) is 6.25. The van der Waals surface area contributed by atoms with Crippen molar-refractivity contribution in [2.75, 3.05) is 18.5 Å². The van der Waals surface area contributed by atoms with Gasteiger partial charge in [0.05, 0.1) is 12.6 Å². The average Bonchev–Trinajstić information content (AvgIpc) is 2.92. The van der Waals surface area contributed by atoms with Gasteiger partial charge >= 0.3 is 5.97 Å². The lowest BCUT2D eigenvalue weighted by molar-refractivity contribution is 0.0520. The predicted octanol–water partition coefficient (Wildman–Crippen LogP) is 1.86. The van der Waals surface area contributed by atoms with Crippen LogP contribution in [0.2, 0.25) is 0 Å². The van der Waals surface area contributed by atoms with Crippen molar-refractivity contribution >= 4 is 11.9 Å². The highest BCUT2D eigenvalue weighted by atomic mass is 16.5. The minimum atomic E-state index is -0.385. The first-order valence-corrected chi connectivity index (χ1v) is 6.69. The molecule has 1 N–H and O–H groups in total. The van der Waals surface area contributed by atoms with Crippen molar-refractivity contribution in [1.82, 2.24) is 14.5 Å². The van der Waals surface area contributed by atoms with Crippen LogP contribution in [0.5, 0.6) is 0 Å². The van der Waals surface area contributed by atoms with Gasteiger partial charge in [-0.1, -0.05) is 0 Å². The van der Waals surface area contributed by atoms with Crippen molar-refractivity contribution in [3.8, 4) is 0 Å². The lowest BCUT2D eigenvalue weighted by Gasteiger charge is -2.26. The minimum Gasteiger partial charge on any atom is -0.461 e. The van der Waals surface area contributed by atoms with E-state index in [-0.39, 0.29) is 12.0 Å². The predicted molar refractivity (Wildman–Crippen MR) is 73.7 cm³/mol. The fourth-order valence-corrected chi connectivity index (χ4v) is 2.44. The second-order valence-corrected chi connectivity index (χ2v) is 4.59. The van der Waals surface area contributed by atoms with Crippen LogP contribution in [-0.4, -0.2) is 33.7 Å². The van der Waals surface area contributed by atoms with Gasteiger partial charge < -0.3 is 14.6 Å². The molecule has 0 aromatic carbocycles. The van der Waals surface area contributed by atoms with E-state index in [4.69, 9.17) is 4.74 Å². The van der Waals surface area contributed by atoms with Crippen molar-refractivity contribution in [2.45, 2.75) is 19.4 Å². The Morgan fingerprint density at radius 2 is 2.30 bits per heavy atom. The fraction of sp³-hybridized carbons (Fsp3) is 0.357. The molecule has 6 heteroatoms. The van der Waals surface area contributed by atoms with Gasteiger partial charge in [0, 0.05) is 25.1 Å². The molecule has 0 saturated carbocycles. The molecule has 0 spiro atoms. The Bertz CT molecular complexity index is 609. The number of carbonyl (C=O) groups excluding carboxylic acids is 1. The molecule has 20 heavy (non-hydrogen) atoms. The molecular weight excluding hydrogens is 256 g/mol. The Balaban J connectivity index is 1.95. The molecular formula is C14H16N4O2. The SMILES string of the molecule is CCOC(=O)c1cn2c(n1)NCCC2c1ccncc1. The Morgan fingerprint density at radius 1 is 1.50 bits per heavy atom. The molecule has 0 amide bonds. The first-order chi connectivity index (χ1) is 9.79. The fourth-order valence-electron chi connectivity index (χ4n) is 2.44. The van der Waals surface area contributed by atoms with Crippen molar-refractivity contribution < 1.29 is 9.53 Å². The second kappa shape index (κ2) is 5.32. The molecule has 1 aliphatic rings. The molecule has 0 bridgehead atoms. The van der Waals surface area contributed by atoms with Gasteiger partial charge in [0.25, 0.3) is 0 Å². The first-order valence-electron chi connectivity index (χ1n) is 6.69. The van der Waals surface area contributed by atoms with Gasteiger partial charge in [-0.3, -0.25) is 4.98 Å². The van der Waals surface area contributed by atoms with Crippen molar-refractivity contribution in [2.24, 2.45) is 0 Å². The molecule has 1 aliphatic heterocycles. The van der Waals surface area contributed by atoms with Crippen LogP contribution >= 0.6 is 0 Å². The molecule has 0 radical (unpaired) electrons. The van der Waals surface area contributed by atoms with Crippen LogP contribution < -0.4 is 5.32 Å². The van der Waals surface area contributed by atoms with Gasteiger partial charge in [0.2, 0.25) is 5.95 Å². The molecule has 0 aliphatic carbocycles. The van der Waals surface area contributed by atoms with E-state index < -0.39 is 0 Å². The van der Waals surface area contributed by atoms with Crippen molar-refractivity contribution in [3.63, 3.8) is 0 Å². The van der Waals surface area contributed by atoms with E-state index in [2.05, 4.69) is 15.3 Å².